The van der Waals surface area contributed by atoms with E-state index in [0.29, 0.717) is 18.0 Å². The minimum atomic E-state index is -3.41. The zero-order valence-corrected chi connectivity index (χ0v) is 12.9. The number of rotatable bonds is 5. The summed E-state index contributed by atoms with van der Waals surface area (Å²) >= 11 is 0. The molecule has 20 heavy (non-hydrogen) atoms. The molecule has 5 nitrogen and oxygen atoms in total. The molecule has 1 aromatic carbocycles. The van der Waals surface area contributed by atoms with Crippen LogP contribution in [0.5, 0.6) is 0 Å². The molecule has 1 atom stereocenters. The maximum Gasteiger partial charge on any atom is 0.243 e. The maximum atomic E-state index is 12.8. The van der Waals surface area contributed by atoms with Crippen molar-refractivity contribution in [2.45, 2.75) is 30.3 Å². The van der Waals surface area contributed by atoms with Crippen molar-refractivity contribution in [2.24, 2.45) is 5.73 Å². The van der Waals surface area contributed by atoms with Crippen molar-refractivity contribution in [1.29, 1.82) is 0 Å². The Kier molecular flexibility index (Phi) is 4.80. The predicted molar refractivity (Wildman–Crippen MR) is 79.8 cm³/mol. The normalized spacial score (nSPS) is 20.7. The third kappa shape index (κ3) is 3.20. The summed E-state index contributed by atoms with van der Waals surface area (Å²) < 4.78 is 27.2. The van der Waals surface area contributed by atoms with Crippen LogP contribution in [-0.4, -0.2) is 50.8 Å². The standard InChI is InChI=1S/C14H23N3O2S/c1-16(2)11-13-6-4-8-17(13)20(18,19)14-7-3-5-12(9-14)10-15/h3,5,7,9,13H,4,6,8,10-11,15H2,1-2H3. The molecule has 6 heteroatoms. The van der Waals surface area contributed by atoms with Crippen LogP contribution in [0, 0.1) is 0 Å². The van der Waals surface area contributed by atoms with Crippen LogP contribution in [0.1, 0.15) is 18.4 Å². The molecule has 2 N–H and O–H groups in total. The Morgan fingerprint density at radius 3 is 2.80 bits per heavy atom. The van der Waals surface area contributed by atoms with Crippen molar-refractivity contribution in [3.63, 3.8) is 0 Å². The SMILES string of the molecule is CN(C)CC1CCCN1S(=O)(=O)c1cccc(CN)c1. The van der Waals surface area contributed by atoms with Crippen molar-refractivity contribution < 1.29 is 8.42 Å². The molecule has 2 rings (SSSR count). The lowest BCUT2D eigenvalue weighted by Gasteiger charge is -2.26. The lowest BCUT2D eigenvalue weighted by Crippen LogP contribution is -2.41. The number of nitrogens with two attached hydrogens (primary N) is 1. The number of hydrogen-bond donors (Lipinski definition) is 1. The van der Waals surface area contributed by atoms with Gasteiger partial charge in [-0.05, 0) is 44.6 Å². The highest BCUT2D eigenvalue weighted by atomic mass is 32.2. The lowest BCUT2D eigenvalue weighted by atomic mass is 10.2. The summed E-state index contributed by atoms with van der Waals surface area (Å²) in [7, 11) is 0.526. The Balaban J connectivity index is 2.28. The second-order valence-corrected chi connectivity index (χ2v) is 7.42. The van der Waals surface area contributed by atoms with Crippen molar-refractivity contribution in [2.75, 3.05) is 27.2 Å². The Morgan fingerprint density at radius 2 is 2.15 bits per heavy atom. The van der Waals surface area contributed by atoms with Gasteiger partial charge in [-0.2, -0.15) is 4.31 Å². The number of likely N-dealkylation sites (N-methyl/N-ethyl adjacent to an activating group) is 1. The number of benzene rings is 1. The molecule has 1 aliphatic rings. The Morgan fingerprint density at radius 1 is 1.40 bits per heavy atom. The Hall–Kier alpha value is -0.950. The molecular weight excluding hydrogens is 274 g/mol. The molecule has 0 radical (unpaired) electrons. The van der Waals surface area contributed by atoms with Gasteiger partial charge in [-0.25, -0.2) is 8.42 Å². The molecule has 1 fully saturated rings. The number of hydrogen-bond acceptors (Lipinski definition) is 4. The van der Waals surface area contributed by atoms with Crippen LogP contribution in [0.15, 0.2) is 29.2 Å². The van der Waals surface area contributed by atoms with Crippen LogP contribution >= 0.6 is 0 Å². The fraction of sp³-hybridized carbons (Fsp3) is 0.571. The average molecular weight is 297 g/mol. The molecule has 1 unspecified atom stereocenters. The number of nitrogens with zero attached hydrogens (tertiary/aromatic N) is 2. The maximum absolute atomic E-state index is 12.8. The lowest BCUT2D eigenvalue weighted by molar-refractivity contribution is 0.291. The summed E-state index contributed by atoms with van der Waals surface area (Å²) in [6.45, 7) is 1.72. The van der Waals surface area contributed by atoms with E-state index in [1.54, 1.807) is 22.5 Å². The van der Waals surface area contributed by atoms with Gasteiger partial charge < -0.3 is 10.6 Å². The van der Waals surface area contributed by atoms with Gasteiger partial charge in [-0.3, -0.25) is 0 Å². The fourth-order valence-electron chi connectivity index (χ4n) is 2.70. The van der Waals surface area contributed by atoms with E-state index in [2.05, 4.69) is 0 Å². The fourth-order valence-corrected chi connectivity index (χ4v) is 4.45. The summed E-state index contributed by atoms with van der Waals surface area (Å²) in [6.07, 6.45) is 1.85. The van der Waals surface area contributed by atoms with Crippen LogP contribution < -0.4 is 5.73 Å². The second-order valence-electron chi connectivity index (χ2n) is 5.53. The first-order valence-electron chi connectivity index (χ1n) is 6.90. The third-order valence-electron chi connectivity index (χ3n) is 3.64. The van der Waals surface area contributed by atoms with Crippen molar-refractivity contribution in [3.05, 3.63) is 29.8 Å². The molecule has 112 valence electrons. The van der Waals surface area contributed by atoms with E-state index < -0.39 is 10.0 Å². The highest BCUT2D eigenvalue weighted by Crippen LogP contribution is 2.26. The van der Waals surface area contributed by atoms with E-state index in [1.165, 1.54) is 0 Å². The van der Waals surface area contributed by atoms with Crippen molar-refractivity contribution in [3.8, 4) is 0 Å². The first kappa shape index (κ1) is 15.4. The summed E-state index contributed by atoms with van der Waals surface area (Å²) in [4.78, 5) is 2.39. The first-order chi connectivity index (χ1) is 9.45. The summed E-state index contributed by atoms with van der Waals surface area (Å²) in [5, 5.41) is 0. The smallest absolute Gasteiger partial charge is 0.243 e. The second kappa shape index (κ2) is 6.22. The monoisotopic (exact) mass is 297 g/mol. The Bertz CT molecular complexity index is 557. The number of sulfonamides is 1. The van der Waals surface area contributed by atoms with Gasteiger partial charge >= 0.3 is 0 Å². The van der Waals surface area contributed by atoms with E-state index in [0.717, 1.165) is 24.9 Å². The molecule has 0 aliphatic carbocycles. The van der Waals surface area contributed by atoms with Crippen LogP contribution in [0.25, 0.3) is 0 Å². The van der Waals surface area contributed by atoms with Gasteiger partial charge in [0.15, 0.2) is 0 Å². The topological polar surface area (TPSA) is 66.6 Å². The summed E-state index contributed by atoms with van der Waals surface area (Å²) in [6, 6.07) is 7.00. The molecule has 0 amide bonds. The molecule has 0 aromatic heterocycles. The molecule has 1 saturated heterocycles. The molecular formula is C14H23N3O2S. The molecule has 0 spiro atoms. The van der Waals surface area contributed by atoms with Gasteiger partial charge in [0.05, 0.1) is 4.90 Å². The van der Waals surface area contributed by atoms with Gasteiger partial charge in [-0.15, -0.1) is 0 Å². The van der Waals surface area contributed by atoms with Crippen molar-refractivity contribution in [1.82, 2.24) is 9.21 Å². The molecule has 0 saturated carbocycles. The molecule has 1 aromatic rings. The first-order valence-corrected chi connectivity index (χ1v) is 8.34. The van der Waals surface area contributed by atoms with Crippen molar-refractivity contribution >= 4 is 10.0 Å². The zero-order valence-electron chi connectivity index (χ0n) is 12.1. The highest BCUT2D eigenvalue weighted by Gasteiger charge is 2.35. The predicted octanol–water partition coefficient (Wildman–Crippen LogP) is 0.860. The van der Waals surface area contributed by atoms with Crippen LogP contribution in [0.2, 0.25) is 0 Å². The summed E-state index contributed by atoms with van der Waals surface area (Å²) in [5.74, 6) is 0. The average Bonchev–Trinajstić information content (AvgIpc) is 2.86. The molecule has 0 bridgehead atoms. The van der Waals surface area contributed by atoms with Crippen LogP contribution in [-0.2, 0) is 16.6 Å². The van der Waals surface area contributed by atoms with E-state index >= 15 is 0 Å². The zero-order chi connectivity index (χ0) is 14.8. The molecule has 1 aliphatic heterocycles. The molecule has 1 heterocycles. The van der Waals surface area contributed by atoms with Gasteiger partial charge in [-0.1, -0.05) is 12.1 Å². The summed E-state index contributed by atoms with van der Waals surface area (Å²) in [5.41, 5.74) is 6.44. The van der Waals surface area contributed by atoms with E-state index in [4.69, 9.17) is 5.73 Å². The van der Waals surface area contributed by atoms with Gasteiger partial charge in [0.2, 0.25) is 10.0 Å². The Labute approximate surface area is 121 Å². The van der Waals surface area contributed by atoms with E-state index in [-0.39, 0.29) is 6.04 Å². The van der Waals surface area contributed by atoms with Gasteiger partial charge in [0, 0.05) is 25.7 Å². The third-order valence-corrected chi connectivity index (χ3v) is 5.59. The van der Waals surface area contributed by atoms with Crippen LogP contribution in [0.3, 0.4) is 0 Å². The minimum absolute atomic E-state index is 0.0662. The minimum Gasteiger partial charge on any atom is -0.326 e. The van der Waals surface area contributed by atoms with Gasteiger partial charge in [0.25, 0.3) is 0 Å². The quantitative estimate of drug-likeness (QED) is 0.875. The van der Waals surface area contributed by atoms with E-state index in [1.807, 2.05) is 25.1 Å². The van der Waals surface area contributed by atoms with Crippen LogP contribution in [0.4, 0.5) is 0 Å². The largest absolute Gasteiger partial charge is 0.326 e. The van der Waals surface area contributed by atoms with E-state index in [9.17, 15) is 8.42 Å². The van der Waals surface area contributed by atoms with Gasteiger partial charge in [0.1, 0.15) is 0 Å². The highest BCUT2D eigenvalue weighted by molar-refractivity contribution is 7.89.